The van der Waals surface area contributed by atoms with Gasteiger partial charge in [-0.25, -0.2) is 22.7 Å². The summed E-state index contributed by atoms with van der Waals surface area (Å²) >= 11 is 0. The number of benzene rings is 1. The second-order valence-electron chi connectivity index (χ2n) is 8.82. The molecule has 2 N–H and O–H groups in total. The van der Waals surface area contributed by atoms with E-state index in [4.69, 9.17) is 0 Å². The van der Waals surface area contributed by atoms with E-state index in [1.54, 1.807) is 18.2 Å². The van der Waals surface area contributed by atoms with Crippen molar-refractivity contribution in [2.45, 2.75) is 62.3 Å². The highest BCUT2D eigenvalue weighted by Crippen LogP contribution is 2.22. The van der Waals surface area contributed by atoms with Crippen LogP contribution in [0.2, 0.25) is 0 Å². The summed E-state index contributed by atoms with van der Waals surface area (Å²) in [4.78, 5) is 28.9. The van der Waals surface area contributed by atoms with Crippen molar-refractivity contribution in [2.75, 3.05) is 26.2 Å². The van der Waals surface area contributed by atoms with Gasteiger partial charge >= 0.3 is 12.1 Å². The highest BCUT2D eigenvalue weighted by atomic mass is 32.2. The summed E-state index contributed by atoms with van der Waals surface area (Å²) in [6.07, 6.45) is 11.3. The molecule has 2 aliphatic heterocycles. The number of hydrogen-bond donors (Lipinski definition) is 2. The first-order valence-corrected chi connectivity index (χ1v) is 13.0. The van der Waals surface area contributed by atoms with Crippen molar-refractivity contribution >= 4 is 22.1 Å². The lowest BCUT2D eigenvalue weighted by atomic mass is 9.96. The van der Waals surface area contributed by atoms with Crippen LogP contribution in [0.15, 0.2) is 35.2 Å². The number of nitrogens with zero attached hydrogens (tertiary/aromatic N) is 2. The molecule has 0 unspecified atom stereocenters. The first-order chi connectivity index (χ1) is 15.4. The molecule has 9 heteroatoms. The van der Waals surface area contributed by atoms with Gasteiger partial charge in [-0.2, -0.15) is 0 Å². The lowest BCUT2D eigenvalue weighted by molar-refractivity contribution is 0.159. The predicted molar refractivity (Wildman–Crippen MR) is 122 cm³/mol. The lowest BCUT2D eigenvalue weighted by Gasteiger charge is -2.30. The number of urea groups is 2. The van der Waals surface area contributed by atoms with E-state index in [1.807, 2.05) is 15.9 Å². The van der Waals surface area contributed by atoms with Crippen molar-refractivity contribution in [1.82, 2.24) is 19.8 Å². The number of hydrogen-bond acceptors (Lipinski definition) is 4. The summed E-state index contributed by atoms with van der Waals surface area (Å²) in [6.45, 7) is 2.53. The highest BCUT2D eigenvalue weighted by molar-refractivity contribution is 7.90. The molecule has 0 bridgehead atoms. The van der Waals surface area contributed by atoms with Gasteiger partial charge in [0.1, 0.15) is 0 Å². The van der Waals surface area contributed by atoms with E-state index in [0.29, 0.717) is 32.5 Å². The van der Waals surface area contributed by atoms with E-state index in [1.165, 1.54) is 0 Å². The van der Waals surface area contributed by atoms with Gasteiger partial charge < -0.3 is 15.1 Å². The van der Waals surface area contributed by atoms with Crippen LogP contribution in [0.1, 0.15) is 49.7 Å². The van der Waals surface area contributed by atoms with E-state index in [0.717, 1.165) is 56.2 Å². The number of sulfonamides is 1. The van der Waals surface area contributed by atoms with Gasteiger partial charge in [0.2, 0.25) is 0 Å². The molecule has 0 saturated heterocycles. The molecule has 0 spiro atoms. The van der Waals surface area contributed by atoms with Crippen LogP contribution in [0.4, 0.5) is 9.59 Å². The van der Waals surface area contributed by atoms with Gasteiger partial charge in [0.05, 0.1) is 4.90 Å². The maximum Gasteiger partial charge on any atom is 0.328 e. The Morgan fingerprint density at radius 3 is 2.38 bits per heavy atom. The third-order valence-corrected chi connectivity index (χ3v) is 7.89. The number of amides is 4. The molecule has 1 saturated carbocycles. The Morgan fingerprint density at radius 2 is 1.66 bits per heavy atom. The van der Waals surface area contributed by atoms with Crippen molar-refractivity contribution in [3.8, 4) is 0 Å². The summed E-state index contributed by atoms with van der Waals surface area (Å²) in [6, 6.07) is 4.39. The molecule has 4 rings (SSSR count). The Kier molecular flexibility index (Phi) is 7.03. The van der Waals surface area contributed by atoms with E-state index >= 15 is 0 Å². The Hall–Kier alpha value is -2.55. The van der Waals surface area contributed by atoms with Gasteiger partial charge in [0.15, 0.2) is 0 Å². The van der Waals surface area contributed by atoms with Crippen LogP contribution in [0.3, 0.4) is 0 Å². The highest BCUT2D eigenvalue weighted by Gasteiger charge is 2.26. The average molecular weight is 461 g/mol. The van der Waals surface area contributed by atoms with Crippen LogP contribution in [0, 0.1) is 0 Å². The molecule has 4 amide bonds. The molecule has 2 heterocycles. The van der Waals surface area contributed by atoms with Gasteiger partial charge in [0.25, 0.3) is 10.0 Å². The summed E-state index contributed by atoms with van der Waals surface area (Å²) in [5.41, 5.74) is 1.96. The van der Waals surface area contributed by atoms with Gasteiger partial charge in [-0.1, -0.05) is 37.5 Å². The Morgan fingerprint density at radius 1 is 0.906 bits per heavy atom. The monoisotopic (exact) mass is 460 g/mol. The van der Waals surface area contributed by atoms with Crippen LogP contribution in [-0.2, 0) is 22.9 Å². The molecule has 0 radical (unpaired) electrons. The van der Waals surface area contributed by atoms with Gasteiger partial charge in [-0.05, 0) is 55.4 Å². The minimum Gasteiger partial charge on any atom is -0.335 e. The number of nitrogens with one attached hydrogen (secondary N) is 2. The molecule has 0 aromatic heterocycles. The fourth-order valence-corrected chi connectivity index (χ4v) is 5.68. The molecule has 0 atom stereocenters. The second-order valence-corrected chi connectivity index (χ2v) is 10.5. The zero-order valence-corrected chi connectivity index (χ0v) is 19.2. The summed E-state index contributed by atoms with van der Waals surface area (Å²) in [7, 11) is -3.96. The van der Waals surface area contributed by atoms with Gasteiger partial charge in [-0.15, -0.1) is 0 Å². The topological polar surface area (TPSA) is 98.8 Å². The standard InChI is InChI=1S/C23H32N4O4S/c28-22(24-20-7-3-1-4-8-20)25-32(30,31)21-10-9-18-11-15-27(16-12-19(18)17-21)23(29)26-13-5-2-6-14-26/h2,5,9-10,17,20H,1,3-4,6-8,11-16H2,(H2,24,25,28). The smallest absolute Gasteiger partial charge is 0.328 e. The molecule has 1 aromatic rings. The second kappa shape index (κ2) is 9.94. The van der Waals surface area contributed by atoms with Crippen LogP contribution in [0.5, 0.6) is 0 Å². The number of carbonyl (C=O) groups is 2. The maximum atomic E-state index is 12.8. The van der Waals surface area contributed by atoms with Crippen molar-refractivity contribution in [2.24, 2.45) is 0 Å². The number of rotatable bonds is 3. The average Bonchev–Trinajstić information content (AvgIpc) is 3.01. The third kappa shape index (κ3) is 5.43. The van der Waals surface area contributed by atoms with Crippen molar-refractivity contribution < 1.29 is 18.0 Å². The van der Waals surface area contributed by atoms with Crippen LogP contribution < -0.4 is 10.0 Å². The van der Waals surface area contributed by atoms with Gasteiger partial charge in [-0.3, -0.25) is 0 Å². The molecular formula is C23H32N4O4S. The molecule has 1 aromatic carbocycles. The fraction of sp³-hybridized carbons (Fsp3) is 0.565. The molecule has 174 valence electrons. The van der Waals surface area contributed by atoms with Crippen molar-refractivity contribution in [3.63, 3.8) is 0 Å². The van der Waals surface area contributed by atoms with Crippen LogP contribution in [-0.4, -0.2) is 62.5 Å². The molecule has 1 fully saturated rings. The van der Waals surface area contributed by atoms with E-state index in [-0.39, 0.29) is 17.0 Å². The molecular weight excluding hydrogens is 428 g/mol. The van der Waals surface area contributed by atoms with Gasteiger partial charge in [0, 0.05) is 32.2 Å². The molecule has 32 heavy (non-hydrogen) atoms. The minimum absolute atomic E-state index is 0.0323. The summed E-state index contributed by atoms with van der Waals surface area (Å²) < 4.78 is 27.7. The zero-order chi connectivity index (χ0) is 22.6. The first kappa shape index (κ1) is 22.6. The Labute approximate surface area is 190 Å². The van der Waals surface area contributed by atoms with Crippen molar-refractivity contribution in [3.05, 3.63) is 41.5 Å². The quantitative estimate of drug-likeness (QED) is 0.678. The summed E-state index contributed by atoms with van der Waals surface area (Å²) in [5.74, 6) is 0. The maximum absolute atomic E-state index is 12.8. The van der Waals surface area contributed by atoms with Crippen LogP contribution in [0.25, 0.3) is 0 Å². The van der Waals surface area contributed by atoms with E-state index < -0.39 is 16.1 Å². The minimum atomic E-state index is -3.96. The lowest BCUT2D eigenvalue weighted by Crippen LogP contribution is -2.45. The Bertz CT molecular complexity index is 986. The molecule has 3 aliphatic rings. The Balaban J connectivity index is 1.39. The zero-order valence-electron chi connectivity index (χ0n) is 18.4. The predicted octanol–water partition coefficient (Wildman–Crippen LogP) is 2.79. The number of fused-ring (bicyclic) bond motifs is 1. The molecule has 8 nitrogen and oxygen atoms in total. The first-order valence-electron chi connectivity index (χ1n) is 11.6. The van der Waals surface area contributed by atoms with Crippen LogP contribution >= 0.6 is 0 Å². The summed E-state index contributed by atoms with van der Waals surface area (Å²) in [5, 5.41) is 2.78. The SMILES string of the molecule is O=C(NC1CCCCC1)NS(=O)(=O)c1ccc2c(c1)CCN(C(=O)N1CC=CCC1)CC2. The number of carbonyl (C=O) groups excluding carboxylic acids is 2. The third-order valence-electron chi connectivity index (χ3n) is 6.56. The normalized spacial score (nSPS) is 19.8. The van der Waals surface area contributed by atoms with Crippen molar-refractivity contribution in [1.29, 1.82) is 0 Å². The largest absolute Gasteiger partial charge is 0.335 e. The molecule has 1 aliphatic carbocycles. The van der Waals surface area contributed by atoms with E-state index in [9.17, 15) is 18.0 Å². The fourth-order valence-electron chi connectivity index (χ4n) is 4.72. The van der Waals surface area contributed by atoms with E-state index in [2.05, 4.69) is 16.1 Å².